The number of hydrogen-bond acceptors (Lipinski definition) is 1. The topological polar surface area (TPSA) is 12.9 Å². The second-order valence-electron chi connectivity index (χ2n) is 6.00. The normalized spacial score (nSPS) is 14.0. The van der Waals surface area contributed by atoms with Gasteiger partial charge in [0.15, 0.2) is 0 Å². The van der Waals surface area contributed by atoms with Crippen LogP contribution in [-0.2, 0) is 0 Å². The van der Waals surface area contributed by atoms with Crippen LogP contribution in [0.2, 0.25) is 13.1 Å². The van der Waals surface area contributed by atoms with Crippen molar-refractivity contribution in [2.45, 2.75) is 19.9 Å². The number of pyridine rings is 1. The Bertz CT molecular complexity index is 839. The molecule has 0 aliphatic carbocycles. The standard InChI is InChI=1S/C20H21NSi/c1-16-9-14-20(21-15-16)17-10-12-19(13-11-17)22(2,3)18-7-5-4-6-8-18/h4-15H,1-3H3/i1D3. The van der Waals surface area contributed by atoms with E-state index in [9.17, 15) is 0 Å². The molecule has 1 nitrogen and oxygen atoms in total. The number of aryl methyl sites for hydroxylation is 1. The van der Waals surface area contributed by atoms with Crippen LogP contribution in [0.1, 0.15) is 9.68 Å². The van der Waals surface area contributed by atoms with Gasteiger partial charge in [-0.15, -0.1) is 0 Å². The van der Waals surface area contributed by atoms with Crippen molar-refractivity contribution in [3.63, 3.8) is 0 Å². The molecule has 0 N–H and O–H groups in total. The van der Waals surface area contributed by atoms with Crippen LogP contribution >= 0.6 is 0 Å². The molecule has 0 aliphatic heterocycles. The van der Waals surface area contributed by atoms with Crippen molar-refractivity contribution in [2.75, 3.05) is 0 Å². The van der Waals surface area contributed by atoms with Crippen molar-refractivity contribution >= 4 is 18.4 Å². The zero-order chi connectivity index (χ0) is 18.1. The summed E-state index contributed by atoms with van der Waals surface area (Å²) >= 11 is 0. The highest BCUT2D eigenvalue weighted by Gasteiger charge is 2.25. The van der Waals surface area contributed by atoms with E-state index < -0.39 is 14.9 Å². The molecule has 1 aromatic heterocycles. The summed E-state index contributed by atoms with van der Waals surface area (Å²) in [6.07, 6.45) is 1.44. The molecule has 110 valence electrons. The number of rotatable bonds is 3. The van der Waals surface area contributed by atoms with E-state index in [0.717, 1.165) is 11.3 Å². The maximum absolute atomic E-state index is 7.42. The average Bonchev–Trinajstić information content (AvgIpc) is 2.62. The first-order chi connectivity index (χ1) is 11.8. The van der Waals surface area contributed by atoms with Crippen LogP contribution in [0.25, 0.3) is 11.3 Å². The first kappa shape index (κ1) is 11.4. The van der Waals surface area contributed by atoms with Crippen LogP contribution < -0.4 is 10.4 Å². The lowest BCUT2D eigenvalue weighted by molar-refractivity contribution is 1.27. The summed E-state index contributed by atoms with van der Waals surface area (Å²) < 4.78 is 22.3. The molecule has 1 heterocycles. The van der Waals surface area contributed by atoms with E-state index in [1.54, 1.807) is 12.1 Å². The minimum atomic E-state index is -2.11. The van der Waals surface area contributed by atoms with Crippen LogP contribution in [0, 0.1) is 6.85 Å². The maximum atomic E-state index is 7.42. The van der Waals surface area contributed by atoms with Gasteiger partial charge in [-0.1, -0.05) is 84.1 Å². The van der Waals surface area contributed by atoms with Gasteiger partial charge in [0.05, 0.1) is 5.69 Å². The molecule has 2 heteroatoms. The molecule has 0 radical (unpaired) electrons. The molecular formula is C20H21NSi. The summed E-state index contributed by atoms with van der Waals surface area (Å²) in [5.74, 6) is 0. The largest absolute Gasteiger partial charge is 0.256 e. The SMILES string of the molecule is [2H]C([2H])([2H])c1ccc(-c2ccc([Si](C)(C)c3ccccc3)cc2)nc1. The maximum Gasteiger partial charge on any atom is 0.112 e. The van der Waals surface area contributed by atoms with Crippen LogP contribution in [0.4, 0.5) is 0 Å². The highest BCUT2D eigenvalue weighted by atomic mass is 28.3. The van der Waals surface area contributed by atoms with Crippen LogP contribution in [0.3, 0.4) is 0 Å². The fourth-order valence-electron chi connectivity index (χ4n) is 2.64. The lowest BCUT2D eigenvalue weighted by Gasteiger charge is -2.23. The molecule has 2 aromatic carbocycles. The molecule has 0 bridgehead atoms. The molecule has 0 atom stereocenters. The van der Waals surface area contributed by atoms with Gasteiger partial charge in [-0.25, -0.2) is 0 Å². The van der Waals surface area contributed by atoms with Crippen molar-refractivity contribution < 1.29 is 4.11 Å². The van der Waals surface area contributed by atoms with E-state index in [-0.39, 0.29) is 5.56 Å². The van der Waals surface area contributed by atoms with E-state index in [2.05, 4.69) is 66.6 Å². The van der Waals surface area contributed by atoms with Crippen molar-refractivity contribution in [1.82, 2.24) is 4.98 Å². The second kappa shape index (κ2) is 5.89. The van der Waals surface area contributed by atoms with Crippen LogP contribution in [0.15, 0.2) is 72.9 Å². The second-order valence-corrected chi connectivity index (χ2v) is 10.4. The molecule has 0 saturated heterocycles. The van der Waals surface area contributed by atoms with Gasteiger partial charge in [0.1, 0.15) is 8.07 Å². The van der Waals surface area contributed by atoms with Gasteiger partial charge in [0.25, 0.3) is 0 Å². The Kier molecular flexibility index (Phi) is 3.05. The predicted octanol–water partition coefficient (Wildman–Crippen LogP) is 3.88. The van der Waals surface area contributed by atoms with Crippen molar-refractivity contribution in [3.8, 4) is 11.3 Å². The summed E-state index contributed by atoms with van der Waals surface area (Å²) in [5.41, 5.74) is 2.06. The van der Waals surface area contributed by atoms with E-state index in [4.69, 9.17) is 4.11 Å². The van der Waals surface area contributed by atoms with Gasteiger partial charge >= 0.3 is 0 Å². The lowest BCUT2D eigenvalue weighted by atomic mass is 10.1. The van der Waals surface area contributed by atoms with Crippen molar-refractivity contribution in [2.24, 2.45) is 0 Å². The third kappa shape index (κ3) is 2.88. The number of aromatic nitrogens is 1. The van der Waals surface area contributed by atoms with E-state index in [0.29, 0.717) is 0 Å². The monoisotopic (exact) mass is 306 g/mol. The van der Waals surface area contributed by atoms with Crippen molar-refractivity contribution in [1.29, 1.82) is 0 Å². The first-order valence-electron chi connectivity index (χ1n) is 8.91. The molecule has 0 saturated carbocycles. The Balaban J connectivity index is 1.88. The minimum absolute atomic E-state index is 0.269. The highest BCUT2D eigenvalue weighted by molar-refractivity contribution is 7.00. The number of hydrogen-bond donors (Lipinski definition) is 0. The molecule has 3 rings (SSSR count). The quantitative estimate of drug-likeness (QED) is 0.669. The third-order valence-electron chi connectivity index (χ3n) is 4.16. The van der Waals surface area contributed by atoms with Crippen LogP contribution in [0.5, 0.6) is 0 Å². The number of nitrogens with zero attached hydrogens (tertiary/aromatic N) is 1. The molecule has 0 unspecified atom stereocenters. The van der Waals surface area contributed by atoms with E-state index >= 15 is 0 Å². The Morgan fingerprint density at radius 2 is 1.50 bits per heavy atom. The molecule has 0 aliphatic rings. The number of benzene rings is 2. The van der Waals surface area contributed by atoms with Gasteiger partial charge in [0, 0.05) is 15.9 Å². The summed E-state index contributed by atoms with van der Waals surface area (Å²) in [6.45, 7) is 2.59. The fraction of sp³-hybridized carbons (Fsp3) is 0.150. The summed E-state index contributed by atoms with van der Waals surface area (Å²) in [5, 5.41) is 2.77. The zero-order valence-corrected chi connectivity index (χ0v) is 13.9. The molecular weight excluding hydrogens is 282 g/mol. The van der Waals surface area contributed by atoms with Crippen LogP contribution in [-0.4, -0.2) is 13.1 Å². The Hall–Kier alpha value is -2.19. The van der Waals surface area contributed by atoms with E-state index in [1.165, 1.54) is 16.6 Å². The van der Waals surface area contributed by atoms with Gasteiger partial charge in [-0.2, -0.15) is 0 Å². The van der Waals surface area contributed by atoms with E-state index in [1.807, 2.05) is 6.07 Å². The predicted molar refractivity (Wildman–Crippen MR) is 97.6 cm³/mol. The minimum Gasteiger partial charge on any atom is -0.256 e. The summed E-state index contributed by atoms with van der Waals surface area (Å²) in [4.78, 5) is 4.32. The van der Waals surface area contributed by atoms with Crippen molar-refractivity contribution in [3.05, 3.63) is 78.5 Å². The summed E-state index contributed by atoms with van der Waals surface area (Å²) in [7, 11) is -1.71. The Labute approximate surface area is 137 Å². The Morgan fingerprint density at radius 1 is 0.818 bits per heavy atom. The molecule has 0 fully saturated rings. The molecule has 0 amide bonds. The van der Waals surface area contributed by atoms with Gasteiger partial charge < -0.3 is 0 Å². The zero-order valence-electron chi connectivity index (χ0n) is 15.9. The average molecular weight is 306 g/mol. The van der Waals surface area contributed by atoms with Gasteiger partial charge in [0.2, 0.25) is 0 Å². The van der Waals surface area contributed by atoms with Gasteiger partial charge in [-0.05, 0) is 18.5 Å². The highest BCUT2D eigenvalue weighted by Crippen LogP contribution is 2.16. The molecule has 0 spiro atoms. The third-order valence-corrected chi connectivity index (χ3v) is 7.71. The molecule has 3 aromatic rings. The Morgan fingerprint density at radius 3 is 2.09 bits per heavy atom. The molecule has 22 heavy (non-hydrogen) atoms. The smallest absolute Gasteiger partial charge is 0.112 e. The summed E-state index contributed by atoms with van der Waals surface area (Å²) in [6, 6.07) is 22.5. The van der Waals surface area contributed by atoms with Gasteiger partial charge in [-0.3, -0.25) is 4.98 Å². The lowest BCUT2D eigenvalue weighted by Crippen LogP contribution is -2.52. The fourth-order valence-corrected chi connectivity index (χ4v) is 5.00. The first-order valence-corrected chi connectivity index (χ1v) is 10.4.